The van der Waals surface area contributed by atoms with Gasteiger partial charge < -0.3 is 19.3 Å². The van der Waals surface area contributed by atoms with E-state index >= 15 is 0 Å². The van der Waals surface area contributed by atoms with Gasteiger partial charge in [0.1, 0.15) is 11.2 Å². The van der Waals surface area contributed by atoms with Crippen molar-refractivity contribution < 1.29 is 19.1 Å². The minimum absolute atomic E-state index is 0.281. The van der Waals surface area contributed by atoms with Gasteiger partial charge in [-0.05, 0) is 87.7 Å². The Morgan fingerprint density at radius 2 is 0.932 bits per heavy atom. The zero-order valence-electron chi connectivity index (χ0n) is 26.9. The van der Waals surface area contributed by atoms with E-state index in [-0.39, 0.29) is 25.3 Å². The number of hydrogen-bond acceptors (Lipinski definition) is 6. The maximum absolute atomic E-state index is 13.0. The number of hydrogen-bond donors (Lipinski definition) is 0. The fourth-order valence-electron chi connectivity index (χ4n) is 4.25. The lowest BCUT2D eigenvalue weighted by Crippen LogP contribution is -2.37. The molecule has 2 aromatic carbocycles. The Bertz CT molecular complexity index is 1190. The lowest BCUT2D eigenvalue weighted by molar-refractivity contribution is 0.0213. The smallest absolute Gasteiger partial charge is 0.410 e. The summed E-state index contributed by atoms with van der Waals surface area (Å²) in [5, 5.41) is 7.18. The molecule has 0 aromatic heterocycles. The number of ether oxygens (including phenoxy) is 2. The first-order chi connectivity index (χ1) is 20.8. The third-order valence-corrected chi connectivity index (χ3v) is 6.34. The molecule has 0 unspecified atom stereocenters. The standard InChI is InChI=1S/C32H46N8O4/c1-31(2,3)43-29(41)39(23-27-15-11-25(12-16-27)21-35-37-33)19-9-7-8-10-20-40(30(42)44-32(4,5)6)24-28-17-13-26(14-18-28)22-36-38-34/h11-18H,7-10,19-24H2,1-6H3. The summed E-state index contributed by atoms with van der Waals surface area (Å²) in [6.07, 6.45) is 2.59. The minimum Gasteiger partial charge on any atom is -0.444 e. The molecule has 0 spiro atoms. The van der Waals surface area contributed by atoms with Gasteiger partial charge in [-0.25, -0.2) is 9.59 Å². The van der Waals surface area contributed by atoms with Crippen molar-refractivity contribution in [2.24, 2.45) is 10.2 Å². The van der Waals surface area contributed by atoms with Crippen molar-refractivity contribution >= 4 is 12.2 Å². The summed E-state index contributed by atoms with van der Waals surface area (Å²) in [4.78, 5) is 35.0. The van der Waals surface area contributed by atoms with Crippen molar-refractivity contribution in [3.05, 3.63) is 91.7 Å². The molecule has 0 aliphatic carbocycles. The maximum Gasteiger partial charge on any atom is 0.410 e. The molecular formula is C32H46N8O4. The number of amides is 2. The van der Waals surface area contributed by atoms with Crippen molar-refractivity contribution in [2.45, 2.75) is 105 Å². The van der Waals surface area contributed by atoms with Crippen LogP contribution in [0, 0.1) is 0 Å². The predicted molar refractivity (Wildman–Crippen MR) is 170 cm³/mol. The van der Waals surface area contributed by atoms with E-state index in [4.69, 9.17) is 20.5 Å². The van der Waals surface area contributed by atoms with Crippen LogP contribution in [0.3, 0.4) is 0 Å². The van der Waals surface area contributed by atoms with Crippen LogP contribution >= 0.6 is 0 Å². The fourth-order valence-corrected chi connectivity index (χ4v) is 4.25. The van der Waals surface area contributed by atoms with Crippen molar-refractivity contribution in [3.63, 3.8) is 0 Å². The van der Waals surface area contributed by atoms with Crippen LogP contribution in [0.2, 0.25) is 0 Å². The molecule has 2 amide bonds. The van der Waals surface area contributed by atoms with Crippen LogP contribution in [0.25, 0.3) is 20.9 Å². The van der Waals surface area contributed by atoms with Gasteiger partial charge in [-0.2, -0.15) is 0 Å². The topological polar surface area (TPSA) is 157 Å². The fraction of sp³-hybridized carbons (Fsp3) is 0.562. The van der Waals surface area contributed by atoms with Crippen LogP contribution in [0.15, 0.2) is 58.8 Å². The van der Waals surface area contributed by atoms with Gasteiger partial charge >= 0.3 is 12.2 Å². The molecule has 0 saturated heterocycles. The van der Waals surface area contributed by atoms with Gasteiger partial charge in [-0.3, -0.25) is 0 Å². The van der Waals surface area contributed by atoms with E-state index < -0.39 is 11.2 Å². The molecule has 44 heavy (non-hydrogen) atoms. The van der Waals surface area contributed by atoms with Crippen LogP contribution < -0.4 is 0 Å². The molecule has 0 aliphatic rings. The number of benzene rings is 2. The summed E-state index contributed by atoms with van der Waals surface area (Å²) in [6, 6.07) is 15.3. The zero-order chi connectivity index (χ0) is 32.6. The maximum atomic E-state index is 13.0. The van der Waals surface area contributed by atoms with Gasteiger partial charge in [0.15, 0.2) is 0 Å². The molecule has 0 N–H and O–H groups in total. The Morgan fingerprint density at radius 1 is 0.614 bits per heavy atom. The number of nitrogens with zero attached hydrogens (tertiary/aromatic N) is 8. The summed E-state index contributed by atoms with van der Waals surface area (Å²) < 4.78 is 11.3. The van der Waals surface area contributed by atoms with Crippen molar-refractivity contribution in [2.75, 3.05) is 13.1 Å². The molecule has 2 rings (SSSR count). The highest BCUT2D eigenvalue weighted by Gasteiger charge is 2.23. The second kappa shape index (κ2) is 17.7. The van der Waals surface area contributed by atoms with Crippen molar-refractivity contribution in [1.82, 2.24) is 9.80 Å². The summed E-state index contributed by atoms with van der Waals surface area (Å²) in [5.74, 6) is 0. The Labute approximate surface area is 260 Å². The summed E-state index contributed by atoms with van der Waals surface area (Å²) >= 11 is 0. The van der Waals surface area contributed by atoms with E-state index in [1.54, 1.807) is 9.80 Å². The molecule has 0 heterocycles. The summed E-state index contributed by atoms with van der Waals surface area (Å²) in [7, 11) is 0. The summed E-state index contributed by atoms with van der Waals surface area (Å²) in [6.45, 7) is 13.5. The normalized spacial score (nSPS) is 11.1. The molecule has 12 nitrogen and oxygen atoms in total. The quantitative estimate of drug-likeness (QED) is 0.0857. The molecule has 0 aliphatic heterocycles. The molecule has 0 saturated carbocycles. The number of carbonyl (C=O) groups is 2. The SMILES string of the molecule is CC(C)(C)OC(=O)N(CCCCCCN(Cc1ccc(CN=[N+]=[N-])cc1)C(=O)OC(C)(C)C)Cc1ccc(CN=[N+]=[N-])cc1. The average molecular weight is 607 g/mol. The van der Waals surface area contributed by atoms with Gasteiger partial charge in [0, 0.05) is 36.0 Å². The molecule has 12 heteroatoms. The second-order valence-electron chi connectivity index (χ2n) is 12.6. The van der Waals surface area contributed by atoms with Gasteiger partial charge in [0.05, 0.1) is 13.1 Å². The van der Waals surface area contributed by atoms with Crippen LogP contribution in [0.4, 0.5) is 9.59 Å². The monoisotopic (exact) mass is 606 g/mol. The summed E-state index contributed by atoms with van der Waals surface area (Å²) in [5.41, 5.74) is 19.6. The molecule has 0 atom stereocenters. The first kappa shape index (κ1) is 35.8. The van der Waals surface area contributed by atoms with Crippen LogP contribution in [-0.4, -0.2) is 46.3 Å². The average Bonchev–Trinajstić information content (AvgIpc) is 2.95. The van der Waals surface area contributed by atoms with Gasteiger partial charge in [-0.15, -0.1) is 0 Å². The van der Waals surface area contributed by atoms with E-state index in [1.807, 2.05) is 90.1 Å². The zero-order valence-corrected chi connectivity index (χ0v) is 26.9. The first-order valence-electron chi connectivity index (χ1n) is 14.9. The third-order valence-electron chi connectivity index (χ3n) is 6.34. The van der Waals surface area contributed by atoms with E-state index in [9.17, 15) is 9.59 Å². The molecule has 0 fully saturated rings. The van der Waals surface area contributed by atoms with Gasteiger partial charge in [0.2, 0.25) is 0 Å². The van der Waals surface area contributed by atoms with Crippen LogP contribution in [0.5, 0.6) is 0 Å². The lowest BCUT2D eigenvalue weighted by atomic mass is 10.1. The lowest BCUT2D eigenvalue weighted by Gasteiger charge is -2.28. The highest BCUT2D eigenvalue weighted by atomic mass is 16.6. The number of carbonyl (C=O) groups excluding carboxylic acids is 2. The van der Waals surface area contributed by atoms with E-state index in [0.29, 0.717) is 26.2 Å². The highest BCUT2D eigenvalue weighted by molar-refractivity contribution is 5.68. The Morgan fingerprint density at radius 3 is 1.23 bits per heavy atom. The molecule has 0 bridgehead atoms. The Kier molecular flexibility index (Phi) is 14.4. The van der Waals surface area contributed by atoms with E-state index in [0.717, 1.165) is 47.9 Å². The van der Waals surface area contributed by atoms with Gasteiger partial charge in [-0.1, -0.05) is 71.6 Å². The second-order valence-corrected chi connectivity index (χ2v) is 12.6. The minimum atomic E-state index is -0.607. The predicted octanol–water partition coefficient (Wildman–Crippen LogP) is 9.04. The molecular weight excluding hydrogens is 560 g/mol. The highest BCUT2D eigenvalue weighted by Crippen LogP contribution is 2.17. The number of rotatable bonds is 15. The number of unbranched alkanes of at least 4 members (excludes halogenated alkanes) is 3. The van der Waals surface area contributed by atoms with Crippen LogP contribution in [-0.2, 0) is 35.7 Å². The molecule has 0 radical (unpaired) electrons. The van der Waals surface area contributed by atoms with E-state index in [2.05, 4.69) is 20.1 Å². The Hall–Kier alpha value is -4.40. The molecule has 238 valence electrons. The Balaban J connectivity index is 1.95. The van der Waals surface area contributed by atoms with E-state index in [1.165, 1.54) is 0 Å². The number of azide groups is 2. The van der Waals surface area contributed by atoms with Crippen LogP contribution in [0.1, 0.15) is 89.5 Å². The third kappa shape index (κ3) is 14.7. The first-order valence-corrected chi connectivity index (χ1v) is 14.9. The largest absolute Gasteiger partial charge is 0.444 e. The van der Waals surface area contributed by atoms with Crippen molar-refractivity contribution in [3.8, 4) is 0 Å². The molecule has 2 aromatic rings. The van der Waals surface area contributed by atoms with Gasteiger partial charge in [0.25, 0.3) is 0 Å². The van der Waals surface area contributed by atoms with Crippen molar-refractivity contribution in [1.29, 1.82) is 0 Å².